The van der Waals surface area contributed by atoms with E-state index < -0.39 is 0 Å². The highest BCUT2D eigenvalue weighted by Crippen LogP contribution is 1.88. The molecule has 0 aliphatic rings. The van der Waals surface area contributed by atoms with E-state index in [1.165, 1.54) is 0 Å². The summed E-state index contributed by atoms with van der Waals surface area (Å²) in [5.41, 5.74) is 0. The van der Waals surface area contributed by atoms with Gasteiger partial charge in [0.25, 0.3) is 0 Å². The number of hydrogen-bond acceptors (Lipinski definition) is 3. The molecule has 0 radical (unpaired) electrons. The minimum absolute atomic E-state index is 0.251. The van der Waals surface area contributed by atoms with E-state index in [4.69, 9.17) is 0 Å². The van der Waals surface area contributed by atoms with Crippen LogP contribution in [-0.2, 0) is 0 Å². The molecule has 0 aliphatic heterocycles. The molecule has 2 N–H and O–H groups in total. The Bertz CT molecular complexity index is 105. The van der Waals surface area contributed by atoms with Gasteiger partial charge in [-0.2, -0.15) is 0 Å². The van der Waals surface area contributed by atoms with Gasteiger partial charge >= 0.3 is 0 Å². The third-order valence-corrected chi connectivity index (χ3v) is 1.51. The van der Waals surface area contributed by atoms with Gasteiger partial charge in [0.15, 0.2) is 0 Å². The largest absolute Gasteiger partial charge is 0.390 e. The summed E-state index contributed by atoms with van der Waals surface area (Å²) in [4.78, 5) is 1.99. The van der Waals surface area contributed by atoms with Crippen molar-refractivity contribution in [2.24, 2.45) is 5.92 Å². The van der Waals surface area contributed by atoms with E-state index in [9.17, 15) is 5.11 Å². The molecule has 0 amide bonds. The van der Waals surface area contributed by atoms with Gasteiger partial charge in [0.05, 0.1) is 6.10 Å². The maximum atomic E-state index is 9.43. The van der Waals surface area contributed by atoms with Crippen molar-refractivity contribution < 1.29 is 5.11 Å². The van der Waals surface area contributed by atoms with Crippen molar-refractivity contribution in [1.29, 1.82) is 0 Å². The molecule has 0 rings (SSSR count). The first-order valence-electron chi connectivity index (χ1n) is 4.56. The molecule has 0 saturated heterocycles. The van der Waals surface area contributed by atoms with Crippen LogP contribution in [0.3, 0.4) is 0 Å². The van der Waals surface area contributed by atoms with E-state index in [-0.39, 0.29) is 6.10 Å². The predicted molar refractivity (Wildman–Crippen MR) is 52.3 cm³/mol. The molecule has 3 heteroatoms. The summed E-state index contributed by atoms with van der Waals surface area (Å²) < 4.78 is 0. The molecule has 0 aromatic carbocycles. The fourth-order valence-electron chi connectivity index (χ4n) is 1.02. The van der Waals surface area contributed by atoms with Gasteiger partial charge in [-0.3, -0.25) is 0 Å². The minimum Gasteiger partial charge on any atom is -0.390 e. The highest BCUT2D eigenvalue weighted by molar-refractivity contribution is 4.62. The first kappa shape index (κ1) is 11.9. The summed E-state index contributed by atoms with van der Waals surface area (Å²) in [6.07, 6.45) is -0.251. The van der Waals surface area contributed by atoms with E-state index in [1.54, 1.807) is 0 Å². The predicted octanol–water partition coefficient (Wildman–Crippen LogP) is 0.155. The van der Waals surface area contributed by atoms with Crippen LogP contribution in [0, 0.1) is 5.92 Å². The molecule has 0 saturated carbocycles. The molecule has 0 aromatic rings. The van der Waals surface area contributed by atoms with Crippen LogP contribution in [0.5, 0.6) is 0 Å². The average molecular weight is 174 g/mol. The fraction of sp³-hybridized carbons (Fsp3) is 1.00. The summed E-state index contributed by atoms with van der Waals surface area (Å²) in [7, 11) is 3.93. The molecular formula is C9H22N2O. The Morgan fingerprint density at radius 3 is 2.25 bits per heavy atom. The smallest absolute Gasteiger partial charge is 0.0791 e. The number of likely N-dealkylation sites (N-methyl/N-ethyl adjacent to an activating group) is 1. The lowest BCUT2D eigenvalue weighted by Gasteiger charge is -2.16. The molecule has 0 aliphatic carbocycles. The maximum absolute atomic E-state index is 9.43. The topological polar surface area (TPSA) is 35.5 Å². The highest BCUT2D eigenvalue weighted by Gasteiger charge is 2.04. The van der Waals surface area contributed by atoms with Gasteiger partial charge in [0, 0.05) is 13.1 Å². The first-order chi connectivity index (χ1) is 5.52. The van der Waals surface area contributed by atoms with Crippen LogP contribution < -0.4 is 5.32 Å². The van der Waals surface area contributed by atoms with Crippen molar-refractivity contribution >= 4 is 0 Å². The van der Waals surface area contributed by atoms with Gasteiger partial charge in [-0.15, -0.1) is 0 Å². The fourth-order valence-corrected chi connectivity index (χ4v) is 1.02. The normalized spacial score (nSPS) is 14.2. The van der Waals surface area contributed by atoms with Gasteiger partial charge in [-0.25, -0.2) is 0 Å². The van der Waals surface area contributed by atoms with Gasteiger partial charge < -0.3 is 15.3 Å². The molecule has 0 aromatic heterocycles. The van der Waals surface area contributed by atoms with E-state index in [2.05, 4.69) is 19.2 Å². The first-order valence-corrected chi connectivity index (χ1v) is 4.56. The van der Waals surface area contributed by atoms with Crippen molar-refractivity contribution in [2.45, 2.75) is 20.0 Å². The number of aliphatic hydroxyl groups is 1. The van der Waals surface area contributed by atoms with Crippen LogP contribution in [0.25, 0.3) is 0 Å². The van der Waals surface area contributed by atoms with Crippen LogP contribution >= 0.6 is 0 Å². The van der Waals surface area contributed by atoms with Gasteiger partial charge in [-0.05, 0) is 26.6 Å². The van der Waals surface area contributed by atoms with Crippen molar-refractivity contribution in [3.05, 3.63) is 0 Å². The molecule has 1 unspecified atom stereocenters. The highest BCUT2D eigenvalue weighted by atomic mass is 16.3. The zero-order valence-corrected chi connectivity index (χ0v) is 8.67. The van der Waals surface area contributed by atoms with Crippen LogP contribution in [0.15, 0.2) is 0 Å². The van der Waals surface area contributed by atoms with Crippen LogP contribution in [0.1, 0.15) is 13.8 Å². The Morgan fingerprint density at radius 1 is 1.25 bits per heavy atom. The molecule has 1 atom stereocenters. The molecular weight excluding hydrogens is 152 g/mol. The zero-order valence-electron chi connectivity index (χ0n) is 8.67. The second-order valence-corrected chi connectivity index (χ2v) is 3.97. The summed E-state index contributed by atoms with van der Waals surface area (Å²) in [5, 5.41) is 12.6. The molecule has 3 nitrogen and oxygen atoms in total. The van der Waals surface area contributed by atoms with Crippen LogP contribution in [0.4, 0.5) is 0 Å². The van der Waals surface area contributed by atoms with Crippen LogP contribution in [-0.4, -0.2) is 49.8 Å². The monoisotopic (exact) mass is 174 g/mol. The lowest BCUT2D eigenvalue weighted by atomic mass is 10.2. The average Bonchev–Trinajstić information content (AvgIpc) is 1.84. The zero-order chi connectivity index (χ0) is 9.56. The number of nitrogens with zero attached hydrogens (tertiary/aromatic N) is 1. The standard InChI is InChI=1S/C9H22N2O/c1-8(2)5-10-6-9(12)7-11(3)4/h8-10,12H,5-7H2,1-4H3. The second-order valence-electron chi connectivity index (χ2n) is 3.97. The quantitative estimate of drug-likeness (QED) is 0.602. The van der Waals surface area contributed by atoms with E-state index >= 15 is 0 Å². The molecule has 74 valence electrons. The summed E-state index contributed by atoms with van der Waals surface area (Å²) in [5.74, 6) is 0.650. The van der Waals surface area contributed by atoms with Gasteiger partial charge in [0.2, 0.25) is 0 Å². The van der Waals surface area contributed by atoms with Crippen molar-refractivity contribution in [3.8, 4) is 0 Å². The maximum Gasteiger partial charge on any atom is 0.0791 e. The Morgan fingerprint density at radius 2 is 1.83 bits per heavy atom. The summed E-state index contributed by atoms with van der Waals surface area (Å²) >= 11 is 0. The lowest BCUT2D eigenvalue weighted by molar-refractivity contribution is 0.134. The molecule has 0 fully saturated rings. The third-order valence-electron chi connectivity index (χ3n) is 1.51. The number of hydrogen-bond donors (Lipinski definition) is 2. The Kier molecular flexibility index (Phi) is 6.34. The molecule has 0 spiro atoms. The molecule has 12 heavy (non-hydrogen) atoms. The number of rotatable bonds is 6. The molecule has 0 heterocycles. The van der Waals surface area contributed by atoms with E-state index in [0.29, 0.717) is 12.5 Å². The number of aliphatic hydroxyl groups excluding tert-OH is 1. The Labute approximate surface area is 75.8 Å². The summed E-state index contributed by atoms with van der Waals surface area (Å²) in [6.45, 7) is 6.71. The Balaban J connectivity index is 3.25. The van der Waals surface area contributed by atoms with Gasteiger partial charge in [-0.1, -0.05) is 13.8 Å². The van der Waals surface area contributed by atoms with Crippen LogP contribution in [0.2, 0.25) is 0 Å². The van der Waals surface area contributed by atoms with Crippen molar-refractivity contribution in [3.63, 3.8) is 0 Å². The minimum atomic E-state index is -0.251. The molecule has 0 bridgehead atoms. The summed E-state index contributed by atoms with van der Waals surface area (Å²) in [6, 6.07) is 0. The Hall–Kier alpha value is -0.120. The van der Waals surface area contributed by atoms with Crippen molar-refractivity contribution in [1.82, 2.24) is 10.2 Å². The van der Waals surface area contributed by atoms with Crippen molar-refractivity contribution in [2.75, 3.05) is 33.7 Å². The second kappa shape index (κ2) is 6.40. The lowest BCUT2D eigenvalue weighted by Crippen LogP contribution is -2.36. The van der Waals surface area contributed by atoms with E-state index in [1.807, 2.05) is 19.0 Å². The SMILES string of the molecule is CC(C)CNCC(O)CN(C)C. The third kappa shape index (κ3) is 7.98. The number of nitrogens with one attached hydrogen (secondary N) is 1. The van der Waals surface area contributed by atoms with Gasteiger partial charge in [0.1, 0.15) is 0 Å². The van der Waals surface area contributed by atoms with E-state index in [0.717, 1.165) is 13.1 Å².